The number of aromatic nitrogens is 1. The molecule has 1 aromatic heterocycles. The number of nitrogens with one attached hydrogen (secondary N) is 1. The van der Waals surface area contributed by atoms with Crippen LogP contribution in [0.3, 0.4) is 0 Å². The summed E-state index contributed by atoms with van der Waals surface area (Å²) in [5.41, 5.74) is 8.66. The third-order valence-electron chi connectivity index (χ3n) is 2.92. The molecule has 5 heteroatoms. The molecule has 0 radical (unpaired) electrons. The number of aryl methyl sites for hydroxylation is 2. The summed E-state index contributed by atoms with van der Waals surface area (Å²) >= 11 is 5.09. The molecule has 0 unspecified atom stereocenters. The number of hydrogen-bond acceptors (Lipinski definition) is 4. The second-order valence-electron chi connectivity index (χ2n) is 4.49. The van der Waals surface area contributed by atoms with E-state index < -0.39 is 0 Å². The average Bonchev–Trinajstić information content (AvgIpc) is 2.27. The Morgan fingerprint density at radius 3 is 2.72 bits per heavy atom. The van der Waals surface area contributed by atoms with Crippen LogP contribution in [0, 0.1) is 13.8 Å². The van der Waals surface area contributed by atoms with Gasteiger partial charge in [0.25, 0.3) is 0 Å². The van der Waals surface area contributed by atoms with Crippen molar-refractivity contribution in [2.75, 3.05) is 32.0 Å². The highest BCUT2D eigenvalue weighted by atomic mass is 32.1. The standard InChI is InChI=1S/C13H22N4S/c1-5-17(4)7-6-15-13-11(12(14)18)9(2)8-10(3)16-13/h8H,5-7H2,1-4H3,(H2,14,18)(H,15,16). The lowest BCUT2D eigenvalue weighted by atomic mass is 10.1. The molecule has 3 N–H and O–H groups in total. The van der Waals surface area contributed by atoms with Crippen molar-refractivity contribution < 1.29 is 0 Å². The highest BCUT2D eigenvalue weighted by Crippen LogP contribution is 2.18. The molecule has 4 nitrogen and oxygen atoms in total. The molecule has 0 aromatic carbocycles. The first kappa shape index (κ1) is 14.9. The van der Waals surface area contributed by atoms with Crippen molar-refractivity contribution in [3.05, 3.63) is 22.9 Å². The van der Waals surface area contributed by atoms with Crippen molar-refractivity contribution in [2.45, 2.75) is 20.8 Å². The van der Waals surface area contributed by atoms with E-state index in [1.807, 2.05) is 19.9 Å². The van der Waals surface area contributed by atoms with Gasteiger partial charge < -0.3 is 16.0 Å². The Balaban J connectivity index is 2.83. The molecule has 0 aliphatic rings. The minimum absolute atomic E-state index is 0.395. The molecule has 0 amide bonds. The Morgan fingerprint density at radius 2 is 2.17 bits per heavy atom. The first-order chi connectivity index (χ1) is 8.45. The monoisotopic (exact) mass is 266 g/mol. The molecule has 0 atom stereocenters. The first-order valence-corrected chi connectivity index (χ1v) is 6.57. The van der Waals surface area contributed by atoms with Crippen molar-refractivity contribution in [1.29, 1.82) is 0 Å². The smallest absolute Gasteiger partial charge is 0.136 e. The van der Waals surface area contributed by atoms with Crippen LogP contribution >= 0.6 is 12.2 Å². The van der Waals surface area contributed by atoms with Gasteiger partial charge in [-0.3, -0.25) is 0 Å². The number of nitrogens with zero attached hydrogens (tertiary/aromatic N) is 2. The van der Waals surface area contributed by atoms with Gasteiger partial charge in [0.2, 0.25) is 0 Å². The van der Waals surface area contributed by atoms with Gasteiger partial charge in [-0.15, -0.1) is 0 Å². The lowest BCUT2D eigenvalue weighted by Gasteiger charge is -2.17. The van der Waals surface area contributed by atoms with Gasteiger partial charge in [0.1, 0.15) is 10.8 Å². The van der Waals surface area contributed by atoms with Gasteiger partial charge in [-0.25, -0.2) is 4.98 Å². The van der Waals surface area contributed by atoms with E-state index in [2.05, 4.69) is 29.2 Å². The van der Waals surface area contributed by atoms with Crippen LogP contribution in [0.4, 0.5) is 5.82 Å². The molecule has 18 heavy (non-hydrogen) atoms. The summed E-state index contributed by atoms with van der Waals surface area (Å²) in [5.74, 6) is 0.796. The number of pyridine rings is 1. The van der Waals surface area contributed by atoms with Gasteiger partial charge in [0, 0.05) is 18.8 Å². The Morgan fingerprint density at radius 1 is 1.50 bits per heavy atom. The van der Waals surface area contributed by atoms with Gasteiger partial charge in [-0.2, -0.15) is 0 Å². The molecule has 0 saturated heterocycles. The Hall–Kier alpha value is -1.20. The predicted molar refractivity (Wildman–Crippen MR) is 81.3 cm³/mol. The lowest BCUT2D eigenvalue weighted by molar-refractivity contribution is 0.367. The molecule has 100 valence electrons. The molecular formula is C13H22N4S. The minimum atomic E-state index is 0.395. The van der Waals surface area contributed by atoms with Crippen LogP contribution in [0.1, 0.15) is 23.7 Å². The fourth-order valence-corrected chi connectivity index (χ4v) is 2.06. The van der Waals surface area contributed by atoms with E-state index in [9.17, 15) is 0 Å². The molecule has 0 fully saturated rings. The van der Waals surface area contributed by atoms with Crippen LogP contribution in [-0.2, 0) is 0 Å². The van der Waals surface area contributed by atoms with E-state index in [1.165, 1.54) is 0 Å². The zero-order valence-electron chi connectivity index (χ0n) is 11.6. The zero-order chi connectivity index (χ0) is 13.7. The summed E-state index contributed by atoms with van der Waals surface area (Å²) in [6.07, 6.45) is 0. The van der Waals surface area contributed by atoms with Crippen LogP contribution < -0.4 is 11.1 Å². The molecule has 0 bridgehead atoms. The highest BCUT2D eigenvalue weighted by molar-refractivity contribution is 7.80. The van der Waals surface area contributed by atoms with Crippen LogP contribution in [0.2, 0.25) is 0 Å². The zero-order valence-corrected chi connectivity index (χ0v) is 12.4. The van der Waals surface area contributed by atoms with Crippen molar-refractivity contribution in [2.24, 2.45) is 5.73 Å². The van der Waals surface area contributed by atoms with E-state index in [-0.39, 0.29) is 0 Å². The van der Waals surface area contributed by atoms with Gasteiger partial charge in [-0.05, 0) is 39.1 Å². The Kier molecular flexibility index (Phi) is 5.50. The minimum Gasteiger partial charge on any atom is -0.389 e. The van der Waals surface area contributed by atoms with Crippen molar-refractivity contribution in [3.8, 4) is 0 Å². The Bertz CT molecular complexity index is 431. The Labute approximate surface area is 115 Å². The summed E-state index contributed by atoms with van der Waals surface area (Å²) < 4.78 is 0. The van der Waals surface area contributed by atoms with Crippen LogP contribution in [-0.4, -0.2) is 41.6 Å². The molecule has 1 heterocycles. The molecule has 1 rings (SSSR count). The third-order valence-corrected chi connectivity index (χ3v) is 3.12. The lowest BCUT2D eigenvalue weighted by Crippen LogP contribution is -2.26. The maximum atomic E-state index is 5.76. The molecule has 0 aliphatic carbocycles. The molecule has 0 aliphatic heterocycles. The van der Waals surface area contributed by atoms with E-state index in [0.717, 1.165) is 42.3 Å². The van der Waals surface area contributed by atoms with E-state index in [1.54, 1.807) is 0 Å². The van der Waals surface area contributed by atoms with Crippen molar-refractivity contribution in [3.63, 3.8) is 0 Å². The summed E-state index contributed by atoms with van der Waals surface area (Å²) in [7, 11) is 2.09. The molecule has 1 aromatic rings. The number of hydrogen-bond donors (Lipinski definition) is 2. The molecule has 0 saturated carbocycles. The summed E-state index contributed by atoms with van der Waals surface area (Å²) in [6, 6.07) is 2.00. The maximum absolute atomic E-state index is 5.76. The van der Waals surface area contributed by atoms with E-state index in [4.69, 9.17) is 18.0 Å². The van der Waals surface area contributed by atoms with Crippen molar-refractivity contribution in [1.82, 2.24) is 9.88 Å². The molecular weight excluding hydrogens is 244 g/mol. The predicted octanol–water partition coefficient (Wildman–Crippen LogP) is 1.70. The maximum Gasteiger partial charge on any atom is 0.136 e. The topological polar surface area (TPSA) is 54.2 Å². The summed E-state index contributed by atoms with van der Waals surface area (Å²) in [5, 5.41) is 3.32. The summed E-state index contributed by atoms with van der Waals surface area (Å²) in [4.78, 5) is 7.11. The highest BCUT2D eigenvalue weighted by Gasteiger charge is 2.11. The van der Waals surface area contributed by atoms with Gasteiger partial charge >= 0.3 is 0 Å². The number of nitrogens with two attached hydrogens (primary N) is 1. The number of anilines is 1. The second kappa shape index (κ2) is 6.66. The fourth-order valence-electron chi connectivity index (χ4n) is 1.80. The van der Waals surface area contributed by atoms with Gasteiger partial charge in [0.05, 0.1) is 5.56 Å². The van der Waals surface area contributed by atoms with Crippen LogP contribution in [0.25, 0.3) is 0 Å². The quantitative estimate of drug-likeness (QED) is 0.768. The summed E-state index contributed by atoms with van der Waals surface area (Å²) in [6.45, 7) is 8.93. The largest absolute Gasteiger partial charge is 0.389 e. The first-order valence-electron chi connectivity index (χ1n) is 6.16. The number of thiocarbonyl (C=S) groups is 1. The third kappa shape index (κ3) is 3.92. The van der Waals surface area contributed by atoms with Crippen molar-refractivity contribution >= 4 is 23.0 Å². The van der Waals surface area contributed by atoms with Crippen LogP contribution in [0.5, 0.6) is 0 Å². The molecule has 0 spiro atoms. The van der Waals surface area contributed by atoms with Gasteiger partial charge in [0.15, 0.2) is 0 Å². The fraction of sp³-hybridized carbons (Fsp3) is 0.538. The SMILES string of the molecule is CCN(C)CCNc1nc(C)cc(C)c1C(N)=S. The number of rotatable bonds is 6. The average molecular weight is 266 g/mol. The van der Waals surface area contributed by atoms with Crippen LogP contribution in [0.15, 0.2) is 6.07 Å². The normalized spacial score (nSPS) is 10.7. The van der Waals surface area contributed by atoms with E-state index >= 15 is 0 Å². The number of likely N-dealkylation sites (N-methyl/N-ethyl adjacent to an activating group) is 1. The van der Waals surface area contributed by atoms with E-state index in [0.29, 0.717) is 4.99 Å². The second-order valence-corrected chi connectivity index (χ2v) is 4.93. The van der Waals surface area contributed by atoms with Gasteiger partial charge in [-0.1, -0.05) is 19.1 Å².